The third-order valence-electron chi connectivity index (χ3n) is 3.94. The minimum Gasteiger partial charge on any atom is -0.495 e. The zero-order chi connectivity index (χ0) is 20.1. The molecule has 2 aromatic carbocycles. The molecule has 3 rings (SSSR count). The maximum Gasteiger partial charge on any atom is 0.339 e. The van der Waals surface area contributed by atoms with Crippen molar-refractivity contribution in [2.24, 2.45) is 0 Å². The zero-order valence-corrected chi connectivity index (χ0v) is 16.4. The Hall–Kier alpha value is -2.96. The first-order valence-corrected chi connectivity index (χ1v) is 9.48. The lowest BCUT2D eigenvalue weighted by Gasteiger charge is -2.09. The first kappa shape index (κ1) is 19.8. The number of halogens is 1. The monoisotopic (exact) mass is 414 g/mol. The van der Waals surface area contributed by atoms with Gasteiger partial charge in [0.1, 0.15) is 5.75 Å². The van der Waals surface area contributed by atoms with Crippen LogP contribution in [0, 0.1) is 0 Å². The molecule has 1 aromatic heterocycles. The normalized spacial score (nSPS) is 10.4. The van der Waals surface area contributed by atoms with E-state index in [1.54, 1.807) is 41.8 Å². The number of Topliss-reactive ketones (excluding diaryl/α,β-unsaturated/α-hetero) is 1. The van der Waals surface area contributed by atoms with Crippen molar-refractivity contribution < 1.29 is 23.9 Å². The Kier molecular flexibility index (Phi) is 6.23. The average molecular weight is 415 g/mol. The fourth-order valence-corrected chi connectivity index (χ4v) is 3.47. The summed E-state index contributed by atoms with van der Waals surface area (Å²) in [7, 11) is 1.47. The van der Waals surface area contributed by atoms with Crippen molar-refractivity contribution in [1.29, 1.82) is 0 Å². The molecule has 28 heavy (non-hydrogen) atoms. The zero-order valence-electron chi connectivity index (χ0n) is 14.8. The largest absolute Gasteiger partial charge is 0.495 e. The van der Waals surface area contributed by atoms with Gasteiger partial charge in [-0.15, -0.1) is 11.3 Å². The Balaban J connectivity index is 1.73. The summed E-state index contributed by atoms with van der Waals surface area (Å²) in [5, 5.41) is 2.07. The van der Waals surface area contributed by atoms with Gasteiger partial charge < -0.3 is 9.47 Å². The van der Waals surface area contributed by atoms with E-state index in [2.05, 4.69) is 0 Å². The molecule has 142 valence electrons. The van der Waals surface area contributed by atoms with Gasteiger partial charge in [-0.25, -0.2) is 4.79 Å². The van der Waals surface area contributed by atoms with E-state index >= 15 is 0 Å². The van der Waals surface area contributed by atoms with E-state index in [1.165, 1.54) is 36.6 Å². The molecule has 0 atom stereocenters. The van der Waals surface area contributed by atoms with Gasteiger partial charge in [0.15, 0.2) is 12.4 Å². The molecule has 0 saturated carbocycles. The summed E-state index contributed by atoms with van der Waals surface area (Å²) in [5.41, 5.74) is 0.637. The first-order chi connectivity index (χ1) is 13.5. The molecule has 3 aromatic rings. The van der Waals surface area contributed by atoms with Crippen LogP contribution in [0.2, 0.25) is 5.02 Å². The molecule has 0 radical (unpaired) electrons. The SMILES string of the molecule is COc1ccc(C(=O)COC(=O)c2ccccc2C(=O)c2cccs2)cc1Cl. The number of methoxy groups -OCH3 is 1. The van der Waals surface area contributed by atoms with Gasteiger partial charge in [0, 0.05) is 11.1 Å². The van der Waals surface area contributed by atoms with Gasteiger partial charge in [0.25, 0.3) is 0 Å². The number of carbonyl (C=O) groups is 3. The molecule has 0 bridgehead atoms. The van der Waals surface area contributed by atoms with Crippen LogP contribution < -0.4 is 4.74 Å². The van der Waals surface area contributed by atoms with Gasteiger partial charge >= 0.3 is 5.97 Å². The number of thiophene rings is 1. The fourth-order valence-electron chi connectivity index (χ4n) is 2.53. The third kappa shape index (κ3) is 4.30. The average Bonchev–Trinajstić information content (AvgIpc) is 3.26. The molecule has 0 amide bonds. The van der Waals surface area contributed by atoms with Crippen LogP contribution in [-0.4, -0.2) is 31.3 Å². The summed E-state index contributed by atoms with van der Waals surface area (Å²) in [5.74, 6) is -0.986. The lowest BCUT2D eigenvalue weighted by Crippen LogP contribution is -2.17. The number of esters is 1. The molecule has 0 fully saturated rings. The number of ketones is 2. The Morgan fingerprint density at radius 2 is 1.75 bits per heavy atom. The van der Waals surface area contributed by atoms with Crippen molar-refractivity contribution >= 4 is 40.5 Å². The van der Waals surface area contributed by atoms with E-state index in [-0.39, 0.29) is 21.9 Å². The molecule has 0 aliphatic carbocycles. The maximum absolute atomic E-state index is 12.6. The predicted molar refractivity (Wildman–Crippen MR) is 107 cm³/mol. The minimum atomic E-state index is -0.742. The van der Waals surface area contributed by atoms with E-state index in [0.717, 1.165) is 0 Å². The number of benzene rings is 2. The van der Waals surface area contributed by atoms with Crippen LogP contribution >= 0.6 is 22.9 Å². The van der Waals surface area contributed by atoms with Crippen LogP contribution in [0.5, 0.6) is 5.75 Å². The van der Waals surface area contributed by atoms with Gasteiger partial charge in [-0.1, -0.05) is 35.9 Å². The standard InChI is InChI=1S/C21H15ClO5S/c1-26-18-9-8-13(11-16(18)22)17(23)12-27-21(25)15-6-3-2-5-14(15)20(24)19-7-4-10-28-19/h2-11H,12H2,1H3. The van der Waals surface area contributed by atoms with Crippen LogP contribution in [0.25, 0.3) is 0 Å². The smallest absolute Gasteiger partial charge is 0.339 e. The first-order valence-electron chi connectivity index (χ1n) is 8.22. The highest BCUT2D eigenvalue weighted by atomic mass is 35.5. The van der Waals surface area contributed by atoms with Crippen LogP contribution in [0.4, 0.5) is 0 Å². The van der Waals surface area contributed by atoms with Crippen LogP contribution in [0.3, 0.4) is 0 Å². The van der Waals surface area contributed by atoms with Crippen molar-refractivity contribution in [3.63, 3.8) is 0 Å². The number of ether oxygens (including phenoxy) is 2. The molecule has 1 heterocycles. The summed E-state index contributed by atoms with van der Waals surface area (Å²) in [6.45, 7) is -0.469. The van der Waals surface area contributed by atoms with E-state index in [0.29, 0.717) is 16.2 Å². The van der Waals surface area contributed by atoms with Gasteiger partial charge in [-0.05, 0) is 35.7 Å². The third-order valence-corrected chi connectivity index (χ3v) is 5.11. The second-order valence-electron chi connectivity index (χ2n) is 5.70. The van der Waals surface area contributed by atoms with E-state index in [9.17, 15) is 14.4 Å². The molecule has 7 heteroatoms. The lowest BCUT2D eigenvalue weighted by atomic mass is 10.0. The van der Waals surface area contributed by atoms with E-state index in [4.69, 9.17) is 21.1 Å². The summed E-state index contributed by atoms with van der Waals surface area (Å²) in [6, 6.07) is 14.4. The van der Waals surface area contributed by atoms with E-state index in [1.807, 2.05) is 0 Å². The molecular weight excluding hydrogens is 400 g/mol. The summed E-state index contributed by atoms with van der Waals surface area (Å²) < 4.78 is 10.2. The van der Waals surface area contributed by atoms with Crippen molar-refractivity contribution in [2.45, 2.75) is 0 Å². The molecule has 5 nitrogen and oxygen atoms in total. The Morgan fingerprint density at radius 3 is 2.39 bits per heavy atom. The molecular formula is C21H15ClO5S. The quantitative estimate of drug-likeness (QED) is 0.414. The molecule has 0 saturated heterocycles. The number of carbonyl (C=O) groups excluding carboxylic acids is 3. The fraction of sp³-hybridized carbons (Fsp3) is 0.0952. The molecule has 0 unspecified atom stereocenters. The van der Waals surface area contributed by atoms with Crippen molar-refractivity contribution in [1.82, 2.24) is 0 Å². The van der Waals surface area contributed by atoms with Gasteiger partial charge in [-0.2, -0.15) is 0 Å². The number of hydrogen-bond donors (Lipinski definition) is 0. The lowest BCUT2D eigenvalue weighted by molar-refractivity contribution is 0.0473. The molecule has 0 aliphatic rings. The van der Waals surface area contributed by atoms with Gasteiger partial charge in [-0.3, -0.25) is 9.59 Å². The second-order valence-corrected chi connectivity index (χ2v) is 7.06. The minimum absolute atomic E-state index is 0.112. The molecule has 0 spiro atoms. The van der Waals surface area contributed by atoms with Crippen molar-refractivity contribution in [3.8, 4) is 5.75 Å². The highest BCUT2D eigenvalue weighted by Gasteiger charge is 2.21. The summed E-state index contributed by atoms with van der Waals surface area (Å²) in [4.78, 5) is 37.9. The Bertz CT molecular complexity index is 1030. The van der Waals surface area contributed by atoms with Gasteiger partial charge in [0.2, 0.25) is 5.78 Å². The highest BCUT2D eigenvalue weighted by molar-refractivity contribution is 7.12. The maximum atomic E-state index is 12.6. The van der Waals surface area contributed by atoms with Crippen molar-refractivity contribution in [3.05, 3.63) is 86.6 Å². The second kappa shape index (κ2) is 8.82. The number of rotatable bonds is 7. The highest BCUT2D eigenvalue weighted by Crippen LogP contribution is 2.25. The van der Waals surface area contributed by atoms with Crippen LogP contribution in [0.15, 0.2) is 60.0 Å². The topological polar surface area (TPSA) is 69.7 Å². The molecule has 0 N–H and O–H groups in total. The predicted octanol–water partition coefficient (Wildman–Crippen LogP) is 4.68. The van der Waals surface area contributed by atoms with E-state index < -0.39 is 18.4 Å². The van der Waals surface area contributed by atoms with Crippen LogP contribution in [0.1, 0.15) is 36.0 Å². The van der Waals surface area contributed by atoms with Crippen LogP contribution in [-0.2, 0) is 4.74 Å². The molecule has 0 aliphatic heterocycles. The van der Waals surface area contributed by atoms with Gasteiger partial charge in [0.05, 0.1) is 22.6 Å². The number of hydrogen-bond acceptors (Lipinski definition) is 6. The Morgan fingerprint density at radius 1 is 1.00 bits per heavy atom. The Labute approximate surface area is 170 Å². The summed E-state index contributed by atoms with van der Waals surface area (Å²) in [6.07, 6.45) is 0. The summed E-state index contributed by atoms with van der Waals surface area (Å²) >= 11 is 7.30. The van der Waals surface area contributed by atoms with Crippen molar-refractivity contribution in [2.75, 3.05) is 13.7 Å².